The summed E-state index contributed by atoms with van der Waals surface area (Å²) in [7, 11) is 0. The monoisotopic (exact) mass is 218 g/mol. The van der Waals surface area contributed by atoms with Crippen LogP contribution in [-0.2, 0) is 5.41 Å². The Balaban J connectivity index is 2.43. The lowest BCUT2D eigenvalue weighted by molar-refractivity contribution is 0.622. The van der Waals surface area contributed by atoms with E-state index in [2.05, 4.69) is 31.0 Å². The van der Waals surface area contributed by atoms with Crippen LogP contribution in [0.1, 0.15) is 25.1 Å². The second kappa shape index (κ2) is 3.66. The van der Waals surface area contributed by atoms with Gasteiger partial charge in [0.15, 0.2) is 5.13 Å². The number of benzene rings is 1. The Labute approximate surface area is 93.8 Å². The molecule has 78 valence electrons. The van der Waals surface area contributed by atoms with Gasteiger partial charge in [0.2, 0.25) is 0 Å². The third-order valence-electron chi connectivity index (χ3n) is 2.66. The Kier molecular flexibility index (Phi) is 2.49. The highest BCUT2D eigenvalue weighted by molar-refractivity contribution is 7.13. The molecule has 0 amide bonds. The van der Waals surface area contributed by atoms with E-state index in [9.17, 15) is 0 Å². The zero-order chi connectivity index (χ0) is 10.9. The number of hydrogen-bond acceptors (Lipinski definition) is 3. The van der Waals surface area contributed by atoms with Crippen LogP contribution in [0.25, 0.3) is 0 Å². The molecule has 0 saturated heterocycles. The normalized spacial score (nSPS) is 11.6. The van der Waals surface area contributed by atoms with Crippen molar-refractivity contribution in [1.29, 1.82) is 0 Å². The maximum atomic E-state index is 5.66. The third-order valence-corrected chi connectivity index (χ3v) is 3.33. The summed E-state index contributed by atoms with van der Waals surface area (Å²) in [4.78, 5) is 4.36. The summed E-state index contributed by atoms with van der Waals surface area (Å²) in [6.07, 6.45) is 0. The molecule has 1 aromatic carbocycles. The fraction of sp³-hybridized carbons (Fsp3) is 0.250. The van der Waals surface area contributed by atoms with Crippen LogP contribution in [0.3, 0.4) is 0 Å². The molecule has 0 aliphatic carbocycles. The van der Waals surface area contributed by atoms with Crippen molar-refractivity contribution in [3.8, 4) is 0 Å². The number of hydrogen-bond donors (Lipinski definition) is 1. The van der Waals surface area contributed by atoms with E-state index in [0.29, 0.717) is 5.13 Å². The molecule has 0 unspecified atom stereocenters. The van der Waals surface area contributed by atoms with Crippen molar-refractivity contribution >= 4 is 16.5 Å². The van der Waals surface area contributed by atoms with Gasteiger partial charge in [0.25, 0.3) is 0 Å². The number of rotatable bonds is 2. The van der Waals surface area contributed by atoms with Crippen molar-refractivity contribution in [2.75, 3.05) is 5.73 Å². The summed E-state index contributed by atoms with van der Waals surface area (Å²) in [5, 5.41) is 2.66. The average molecular weight is 218 g/mol. The summed E-state index contributed by atoms with van der Waals surface area (Å²) in [5.74, 6) is 0. The van der Waals surface area contributed by atoms with Crippen LogP contribution < -0.4 is 5.73 Å². The Morgan fingerprint density at radius 3 is 2.40 bits per heavy atom. The molecule has 2 rings (SSSR count). The highest BCUT2D eigenvalue weighted by Crippen LogP contribution is 2.32. The second-order valence-electron chi connectivity index (χ2n) is 4.06. The predicted molar refractivity (Wildman–Crippen MR) is 65.1 cm³/mol. The Morgan fingerprint density at radius 2 is 1.87 bits per heavy atom. The Hall–Kier alpha value is -1.35. The fourth-order valence-corrected chi connectivity index (χ4v) is 2.31. The van der Waals surface area contributed by atoms with Crippen LogP contribution in [0.2, 0.25) is 0 Å². The van der Waals surface area contributed by atoms with Gasteiger partial charge in [-0.25, -0.2) is 4.98 Å². The maximum absolute atomic E-state index is 5.66. The molecule has 0 bridgehead atoms. The van der Waals surface area contributed by atoms with Crippen LogP contribution in [0.4, 0.5) is 5.13 Å². The van der Waals surface area contributed by atoms with Crippen LogP contribution in [0, 0.1) is 0 Å². The number of thiazole rings is 1. The molecular weight excluding hydrogens is 204 g/mol. The highest BCUT2D eigenvalue weighted by atomic mass is 32.1. The van der Waals surface area contributed by atoms with Crippen molar-refractivity contribution < 1.29 is 0 Å². The van der Waals surface area contributed by atoms with E-state index in [1.54, 1.807) is 0 Å². The lowest BCUT2D eigenvalue weighted by atomic mass is 9.82. The molecule has 0 saturated carbocycles. The Bertz CT molecular complexity index is 446. The van der Waals surface area contributed by atoms with E-state index in [-0.39, 0.29) is 5.41 Å². The molecule has 3 heteroatoms. The summed E-state index contributed by atoms with van der Waals surface area (Å²) in [5.41, 5.74) is 7.88. The molecule has 0 atom stereocenters. The minimum absolute atomic E-state index is 0.0740. The zero-order valence-electron chi connectivity index (χ0n) is 8.90. The molecule has 2 aromatic rings. The number of nitrogen functional groups attached to an aromatic ring is 1. The topological polar surface area (TPSA) is 38.9 Å². The van der Waals surface area contributed by atoms with E-state index in [1.807, 2.05) is 23.6 Å². The molecule has 2 N–H and O–H groups in total. The number of nitrogens with zero attached hydrogens (tertiary/aromatic N) is 1. The van der Waals surface area contributed by atoms with Gasteiger partial charge < -0.3 is 5.73 Å². The van der Waals surface area contributed by atoms with Crippen molar-refractivity contribution in [3.63, 3.8) is 0 Å². The van der Waals surface area contributed by atoms with Gasteiger partial charge in [-0.15, -0.1) is 11.3 Å². The van der Waals surface area contributed by atoms with Gasteiger partial charge in [0.05, 0.1) is 5.69 Å². The highest BCUT2D eigenvalue weighted by Gasteiger charge is 2.25. The number of aromatic nitrogens is 1. The summed E-state index contributed by atoms with van der Waals surface area (Å²) >= 11 is 1.49. The largest absolute Gasteiger partial charge is 0.375 e. The minimum atomic E-state index is -0.0740. The van der Waals surface area contributed by atoms with Gasteiger partial charge in [0.1, 0.15) is 0 Å². The van der Waals surface area contributed by atoms with Gasteiger partial charge in [-0.1, -0.05) is 44.2 Å². The van der Waals surface area contributed by atoms with Gasteiger partial charge in [-0.3, -0.25) is 0 Å². The minimum Gasteiger partial charge on any atom is -0.375 e. The first-order valence-electron chi connectivity index (χ1n) is 4.88. The van der Waals surface area contributed by atoms with E-state index in [4.69, 9.17) is 5.73 Å². The van der Waals surface area contributed by atoms with Gasteiger partial charge in [0, 0.05) is 10.8 Å². The first-order chi connectivity index (χ1) is 7.10. The maximum Gasteiger partial charge on any atom is 0.180 e. The summed E-state index contributed by atoms with van der Waals surface area (Å²) in [6, 6.07) is 10.4. The van der Waals surface area contributed by atoms with E-state index in [0.717, 1.165) is 5.69 Å². The van der Waals surface area contributed by atoms with Gasteiger partial charge in [-0.05, 0) is 5.56 Å². The predicted octanol–water partition coefficient (Wildman–Crippen LogP) is 3.05. The van der Waals surface area contributed by atoms with Gasteiger partial charge >= 0.3 is 0 Å². The summed E-state index contributed by atoms with van der Waals surface area (Å²) in [6.45, 7) is 4.33. The molecule has 0 radical (unpaired) electrons. The summed E-state index contributed by atoms with van der Waals surface area (Å²) < 4.78 is 0. The fourth-order valence-electron chi connectivity index (χ4n) is 1.58. The van der Waals surface area contributed by atoms with Crippen molar-refractivity contribution in [3.05, 3.63) is 47.0 Å². The van der Waals surface area contributed by atoms with E-state index >= 15 is 0 Å². The lowest BCUT2D eigenvalue weighted by Gasteiger charge is -2.22. The second-order valence-corrected chi connectivity index (χ2v) is 4.95. The molecular formula is C12H14N2S. The first kappa shape index (κ1) is 10.2. The molecule has 15 heavy (non-hydrogen) atoms. The molecule has 0 aliphatic rings. The molecule has 0 spiro atoms. The SMILES string of the molecule is CC(C)(c1ccccc1)c1csc(N)n1. The van der Waals surface area contributed by atoms with Crippen LogP contribution >= 0.6 is 11.3 Å². The van der Waals surface area contributed by atoms with E-state index in [1.165, 1.54) is 16.9 Å². The van der Waals surface area contributed by atoms with E-state index < -0.39 is 0 Å². The van der Waals surface area contributed by atoms with Crippen molar-refractivity contribution in [2.24, 2.45) is 0 Å². The van der Waals surface area contributed by atoms with Gasteiger partial charge in [-0.2, -0.15) is 0 Å². The van der Waals surface area contributed by atoms with Crippen LogP contribution in [0.15, 0.2) is 35.7 Å². The number of nitrogens with two attached hydrogens (primary N) is 1. The average Bonchev–Trinajstić information content (AvgIpc) is 2.67. The quantitative estimate of drug-likeness (QED) is 0.841. The third kappa shape index (κ3) is 1.88. The zero-order valence-corrected chi connectivity index (χ0v) is 9.71. The first-order valence-corrected chi connectivity index (χ1v) is 5.75. The Morgan fingerprint density at radius 1 is 1.20 bits per heavy atom. The van der Waals surface area contributed by atoms with Crippen molar-refractivity contribution in [1.82, 2.24) is 4.98 Å². The molecule has 0 fully saturated rings. The molecule has 1 aromatic heterocycles. The van der Waals surface area contributed by atoms with Crippen LogP contribution in [-0.4, -0.2) is 4.98 Å². The van der Waals surface area contributed by atoms with Crippen molar-refractivity contribution in [2.45, 2.75) is 19.3 Å². The molecule has 1 heterocycles. The number of anilines is 1. The van der Waals surface area contributed by atoms with Crippen LogP contribution in [0.5, 0.6) is 0 Å². The molecule has 2 nitrogen and oxygen atoms in total. The lowest BCUT2D eigenvalue weighted by Crippen LogP contribution is -2.19. The smallest absolute Gasteiger partial charge is 0.180 e. The molecule has 0 aliphatic heterocycles. The standard InChI is InChI=1S/C12H14N2S/c1-12(2,9-6-4-3-5-7-9)10-8-15-11(13)14-10/h3-8H,1-2H3,(H2,13,14).